The van der Waals surface area contributed by atoms with Crippen molar-refractivity contribution < 1.29 is 19.5 Å². The van der Waals surface area contributed by atoms with E-state index in [1.807, 2.05) is 49.4 Å². The second-order valence-electron chi connectivity index (χ2n) is 12.0. The summed E-state index contributed by atoms with van der Waals surface area (Å²) in [6, 6.07) is 14.7. The fourth-order valence-electron chi connectivity index (χ4n) is 7.46. The van der Waals surface area contributed by atoms with Crippen LogP contribution in [0.4, 0.5) is 5.69 Å². The number of likely N-dealkylation sites (tertiary alicyclic amines) is 1. The molecule has 2 unspecified atom stereocenters. The number of hydrogen-bond acceptors (Lipinski definition) is 5. The molecule has 2 aromatic rings. The van der Waals surface area contributed by atoms with Gasteiger partial charge in [-0.1, -0.05) is 66.2 Å². The molecule has 5 atom stereocenters. The van der Waals surface area contributed by atoms with E-state index in [0.29, 0.717) is 49.6 Å². The van der Waals surface area contributed by atoms with Gasteiger partial charge in [0.1, 0.15) is 6.04 Å². The first kappa shape index (κ1) is 32.3. The van der Waals surface area contributed by atoms with Crippen LogP contribution in [0.5, 0.6) is 0 Å². The minimum Gasteiger partial charge on any atom is -0.396 e. The number of unbranched alkanes of at least 4 members (excludes halogenated alkanes) is 2. The number of amides is 3. The summed E-state index contributed by atoms with van der Waals surface area (Å²) >= 11 is 8.35. The van der Waals surface area contributed by atoms with Gasteiger partial charge in [0.15, 0.2) is 0 Å². The fraction of sp³-hybridized carbons (Fsp3) is 0.457. The van der Waals surface area contributed by atoms with E-state index in [1.165, 1.54) is 0 Å². The first-order chi connectivity index (χ1) is 21.3. The van der Waals surface area contributed by atoms with Gasteiger partial charge in [0.05, 0.1) is 27.3 Å². The zero-order valence-corrected chi connectivity index (χ0v) is 26.9. The Labute approximate surface area is 269 Å². The van der Waals surface area contributed by atoms with Crippen molar-refractivity contribution in [3.05, 3.63) is 90.0 Å². The molecule has 3 fully saturated rings. The largest absolute Gasteiger partial charge is 0.396 e. The number of thioether (sulfide) groups is 1. The predicted molar refractivity (Wildman–Crippen MR) is 178 cm³/mol. The van der Waals surface area contributed by atoms with Crippen molar-refractivity contribution in [2.75, 3.05) is 31.1 Å². The number of aryl methyl sites for hydroxylation is 1. The minimum atomic E-state index is -0.737. The van der Waals surface area contributed by atoms with E-state index < -0.39 is 22.6 Å². The average molecular weight is 636 g/mol. The number of hydrogen-bond donors (Lipinski definition) is 1. The van der Waals surface area contributed by atoms with Crippen molar-refractivity contribution in [3.63, 3.8) is 0 Å². The highest BCUT2D eigenvalue weighted by atomic mass is 35.5. The highest BCUT2D eigenvalue weighted by Crippen LogP contribution is 2.67. The monoisotopic (exact) mass is 635 g/mol. The number of carbonyl (C=O) groups is 3. The summed E-state index contributed by atoms with van der Waals surface area (Å²) in [6.45, 7) is 11.2. The fourth-order valence-corrected chi connectivity index (χ4v) is 9.99. The maximum atomic E-state index is 14.8. The Morgan fingerprint density at radius 3 is 2.50 bits per heavy atom. The molecule has 3 saturated heterocycles. The van der Waals surface area contributed by atoms with Crippen LogP contribution >= 0.6 is 23.4 Å². The third kappa shape index (κ3) is 5.84. The van der Waals surface area contributed by atoms with Gasteiger partial charge >= 0.3 is 0 Å². The van der Waals surface area contributed by atoms with Crippen molar-refractivity contribution in [2.45, 2.75) is 61.6 Å². The lowest BCUT2D eigenvalue weighted by Crippen LogP contribution is -2.55. The Hall–Kier alpha value is -3.07. The summed E-state index contributed by atoms with van der Waals surface area (Å²) in [7, 11) is 0. The number of para-hydroxylation sites is 1. The standard InChI is InChI=1S/C35H42ClN3O4S/c1-4-19-37(23-25-14-8-6-9-15-25)32(41)28-27-17-18-35(44-27)29(28)33(42)39(21-10-7-11-22-40)31(35)34(43)38(20-5-2)30-24(3)13-12-16-26(30)36/h4-6,8-9,12-16,27-29,31,40H,1-2,7,10-11,17-23H2,3H3/t27-,28+,29-,31?,35?/m0/s1. The van der Waals surface area contributed by atoms with Crippen LogP contribution in [0.15, 0.2) is 73.8 Å². The van der Waals surface area contributed by atoms with E-state index in [0.717, 1.165) is 24.0 Å². The van der Waals surface area contributed by atoms with Gasteiger partial charge in [-0.3, -0.25) is 14.4 Å². The summed E-state index contributed by atoms with van der Waals surface area (Å²) in [4.78, 5) is 48.9. The minimum absolute atomic E-state index is 0.0405. The molecule has 1 spiro atoms. The lowest BCUT2D eigenvalue weighted by atomic mass is 9.70. The molecule has 3 aliphatic rings. The Morgan fingerprint density at radius 2 is 1.82 bits per heavy atom. The van der Waals surface area contributed by atoms with E-state index in [-0.39, 0.29) is 36.1 Å². The number of anilines is 1. The van der Waals surface area contributed by atoms with Gasteiger partial charge in [-0.15, -0.1) is 24.9 Å². The van der Waals surface area contributed by atoms with Crippen LogP contribution in [-0.4, -0.2) is 74.9 Å². The van der Waals surface area contributed by atoms with Crippen LogP contribution in [0.3, 0.4) is 0 Å². The second-order valence-corrected chi connectivity index (χ2v) is 14.0. The SMILES string of the molecule is C=CCN(Cc1ccccc1)C(=O)[C@@H]1[C@@H]2CCC3(S2)C(C(=O)N(CC=C)c2c(C)cccc2Cl)N(CCCCCO)C(=O)[C@H]13. The third-order valence-electron chi connectivity index (χ3n) is 9.29. The molecule has 0 aliphatic carbocycles. The molecule has 5 rings (SSSR count). The van der Waals surface area contributed by atoms with Crippen LogP contribution < -0.4 is 4.90 Å². The average Bonchev–Trinajstić information content (AvgIpc) is 3.66. The second kappa shape index (κ2) is 13.9. The van der Waals surface area contributed by atoms with Gasteiger partial charge in [0, 0.05) is 38.0 Å². The molecule has 2 aromatic carbocycles. The van der Waals surface area contributed by atoms with E-state index in [2.05, 4.69) is 13.2 Å². The van der Waals surface area contributed by atoms with Gasteiger partial charge in [-0.05, 0) is 56.2 Å². The lowest BCUT2D eigenvalue weighted by Gasteiger charge is -2.38. The summed E-state index contributed by atoms with van der Waals surface area (Å²) < 4.78 is -0.711. The number of fused-ring (bicyclic) bond motifs is 1. The molecular formula is C35H42ClN3O4S. The van der Waals surface area contributed by atoms with Gasteiger partial charge in [-0.2, -0.15) is 0 Å². The highest BCUT2D eigenvalue weighted by molar-refractivity contribution is 8.02. The Bertz CT molecular complexity index is 1380. The molecule has 2 bridgehead atoms. The number of rotatable bonds is 14. The highest BCUT2D eigenvalue weighted by Gasteiger charge is 2.74. The molecule has 9 heteroatoms. The predicted octanol–water partition coefficient (Wildman–Crippen LogP) is 5.64. The number of nitrogens with zero attached hydrogens (tertiary/aromatic N) is 3. The van der Waals surface area contributed by atoms with Gasteiger partial charge in [0.25, 0.3) is 5.91 Å². The van der Waals surface area contributed by atoms with E-state index >= 15 is 0 Å². The van der Waals surface area contributed by atoms with Crippen LogP contribution in [0.2, 0.25) is 5.02 Å². The van der Waals surface area contributed by atoms with Crippen LogP contribution in [0.25, 0.3) is 0 Å². The quantitative estimate of drug-likeness (QED) is 0.215. The number of aliphatic hydroxyl groups is 1. The maximum absolute atomic E-state index is 14.8. The summed E-state index contributed by atoms with van der Waals surface area (Å²) in [5, 5.41) is 9.78. The topological polar surface area (TPSA) is 81.2 Å². The van der Waals surface area contributed by atoms with E-state index in [1.54, 1.807) is 44.7 Å². The Kier molecular flexibility index (Phi) is 10.2. The smallest absolute Gasteiger partial charge is 0.251 e. The molecule has 0 saturated carbocycles. The van der Waals surface area contributed by atoms with Crippen molar-refractivity contribution in [1.29, 1.82) is 0 Å². The summed E-state index contributed by atoms with van der Waals surface area (Å²) in [5.74, 6) is -1.46. The molecule has 1 N–H and O–H groups in total. The number of benzene rings is 2. The number of halogens is 1. The zero-order valence-electron chi connectivity index (χ0n) is 25.4. The first-order valence-corrected chi connectivity index (χ1v) is 16.7. The molecule has 3 amide bonds. The summed E-state index contributed by atoms with van der Waals surface area (Å²) in [5.41, 5.74) is 2.49. The number of carbonyl (C=O) groups excluding carboxylic acids is 3. The molecular weight excluding hydrogens is 594 g/mol. The van der Waals surface area contributed by atoms with Crippen molar-refractivity contribution in [2.24, 2.45) is 11.8 Å². The van der Waals surface area contributed by atoms with E-state index in [9.17, 15) is 19.5 Å². The van der Waals surface area contributed by atoms with Crippen molar-refractivity contribution in [1.82, 2.24) is 9.80 Å². The molecule has 7 nitrogen and oxygen atoms in total. The van der Waals surface area contributed by atoms with Crippen LogP contribution in [0.1, 0.15) is 43.2 Å². The molecule has 0 aromatic heterocycles. The van der Waals surface area contributed by atoms with Gasteiger partial charge in [-0.25, -0.2) is 0 Å². The van der Waals surface area contributed by atoms with Gasteiger partial charge < -0.3 is 19.8 Å². The maximum Gasteiger partial charge on any atom is 0.251 e. The Morgan fingerprint density at radius 1 is 1.07 bits per heavy atom. The lowest BCUT2D eigenvalue weighted by molar-refractivity contribution is -0.144. The first-order valence-electron chi connectivity index (χ1n) is 15.5. The molecule has 234 valence electrons. The molecule has 3 aliphatic heterocycles. The summed E-state index contributed by atoms with van der Waals surface area (Å²) in [6.07, 6.45) is 6.90. The zero-order chi connectivity index (χ0) is 31.4. The van der Waals surface area contributed by atoms with Gasteiger partial charge in [0.2, 0.25) is 11.8 Å². The van der Waals surface area contributed by atoms with Crippen LogP contribution in [-0.2, 0) is 20.9 Å². The Balaban J connectivity index is 1.53. The number of aliphatic hydroxyl groups excluding tert-OH is 1. The molecule has 44 heavy (non-hydrogen) atoms. The normalized spacial score (nSPS) is 25.2. The molecule has 3 heterocycles. The van der Waals surface area contributed by atoms with Crippen LogP contribution in [0, 0.1) is 18.8 Å². The van der Waals surface area contributed by atoms with Crippen molar-refractivity contribution >= 4 is 46.8 Å². The van der Waals surface area contributed by atoms with Crippen molar-refractivity contribution in [3.8, 4) is 0 Å². The van der Waals surface area contributed by atoms with E-state index in [4.69, 9.17) is 11.6 Å². The third-order valence-corrected chi connectivity index (χ3v) is 11.5. The molecule has 0 radical (unpaired) electrons.